The smallest absolute Gasteiger partial charge is 0.126 e. The monoisotopic (exact) mass is 161 g/mol. The van der Waals surface area contributed by atoms with Gasteiger partial charge in [-0.25, -0.2) is 0 Å². The third-order valence-electron chi connectivity index (χ3n) is 0.447. The first-order valence-electron chi connectivity index (χ1n) is 2.87. The second kappa shape index (κ2) is 16.2. The summed E-state index contributed by atoms with van der Waals surface area (Å²) in [6, 6.07) is 0. The largest absolute Gasteiger partial charge is 0.300 e. The summed E-state index contributed by atoms with van der Waals surface area (Å²) in [4.78, 5) is 13.2. The van der Waals surface area contributed by atoms with E-state index in [4.69, 9.17) is 0 Å². The molecule has 70 valence electrons. The molecule has 0 aromatic rings. The molecule has 0 amide bonds. The molecule has 0 aliphatic heterocycles. The molecule has 11 heavy (non-hydrogen) atoms. The summed E-state index contributed by atoms with van der Waals surface area (Å²) in [6.45, 7) is 7.00. The van der Waals surface area contributed by atoms with Crippen molar-refractivity contribution in [3.8, 4) is 0 Å². The molecule has 0 saturated carbocycles. The summed E-state index contributed by atoms with van der Waals surface area (Å²) in [5.41, 5.74) is 1.13. The van der Waals surface area contributed by atoms with Gasteiger partial charge in [0, 0.05) is 12.8 Å². The zero-order valence-corrected chi connectivity index (χ0v) is 6.86. The van der Waals surface area contributed by atoms with Gasteiger partial charge in [-0.15, -0.1) is 0 Å². The van der Waals surface area contributed by atoms with Crippen LogP contribution in [0, 0.1) is 0 Å². The van der Waals surface area contributed by atoms with Crippen molar-refractivity contribution in [2.75, 3.05) is 7.05 Å². The van der Waals surface area contributed by atoms with Crippen LogP contribution in [-0.2, 0) is 4.79 Å². The van der Waals surface area contributed by atoms with E-state index >= 15 is 0 Å². The fourth-order valence-corrected chi connectivity index (χ4v) is 0. The Kier molecular flexibility index (Phi) is 33.0. The van der Waals surface area contributed by atoms with Crippen LogP contribution >= 0.6 is 0 Å². The summed E-state index contributed by atoms with van der Waals surface area (Å²) in [5.74, 6) is 0.167. The van der Waals surface area contributed by atoms with Gasteiger partial charge >= 0.3 is 0 Å². The van der Waals surface area contributed by atoms with E-state index in [-0.39, 0.29) is 20.6 Å². The molecular formula is C9H23NO. The predicted octanol–water partition coefficient (Wildman–Crippen LogP) is 2.96. The third kappa shape index (κ3) is 280. The van der Waals surface area contributed by atoms with Crippen molar-refractivity contribution < 1.29 is 4.79 Å². The Morgan fingerprint density at radius 1 is 1.00 bits per heavy atom. The Labute approximate surface area is 71.7 Å². The lowest BCUT2D eigenvalue weighted by molar-refractivity contribution is -0.114. The number of rotatable bonds is 0. The Morgan fingerprint density at radius 3 is 1.09 bits per heavy atom. The predicted molar refractivity (Wildman–Crippen MR) is 54.5 cm³/mol. The van der Waals surface area contributed by atoms with Crippen LogP contribution in [0.1, 0.15) is 42.5 Å². The lowest BCUT2D eigenvalue weighted by Crippen LogP contribution is -1.74. The highest BCUT2D eigenvalue weighted by Crippen LogP contribution is 1.63. The quantitative estimate of drug-likeness (QED) is 0.502. The van der Waals surface area contributed by atoms with Crippen LogP contribution in [0.2, 0.25) is 0 Å². The van der Waals surface area contributed by atoms with E-state index < -0.39 is 0 Å². The molecule has 2 nitrogen and oxygen atoms in total. The molecule has 0 radical (unpaired) electrons. The molecule has 0 aromatic heterocycles. The molecule has 0 bridgehead atoms. The van der Waals surface area contributed by atoms with E-state index in [1.54, 1.807) is 7.05 Å². The maximum absolute atomic E-state index is 9.44. The van der Waals surface area contributed by atoms with Gasteiger partial charge in [0.15, 0.2) is 0 Å². The Hall–Kier alpha value is -0.660. The van der Waals surface area contributed by atoms with Crippen molar-refractivity contribution in [3.63, 3.8) is 0 Å². The van der Waals surface area contributed by atoms with E-state index in [0.717, 1.165) is 5.71 Å². The van der Waals surface area contributed by atoms with Crippen LogP contribution in [0.3, 0.4) is 0 Å². The average molecular weight is 161 g/mol. The number of Topliss-reactive ketones (excluding diaryl/α,β-unsaturated/α-hetero) is 1. The number of carbonyl (C=O) groups is 1. The van der Waals surface area contributed by atoms with E-state index in [9.17, 15) is 4.79 Å². The molecule has 0 fully saturated rings. The lowest BCUT2D eigenvalue weighted by atomic mass is 10.5. The van der Waals surface area contributed by atoms with Crippen LogP contribution in [0.15, 0.2) is 4.99 Å². The first-order chi connectivity index (χ1) is 4.00. The zero-order valence-electron chi connectivity index (χ0n) is 6.86. The minimum atomic E-state index is 0. The van der Waals surface area contributed by atoms with Crippen molar-refractivity contribution in [2.24, 2.45) is 4.99 Å². The Morgan fingerprint density at radius 2 is 1.09 bits per heavy atom. The van der Waals surface area contributed by atoms with Gasteiger partial charge in [-0.05, 0) is 27.7 Å². The second-order valence-corrected chi connectivity index (χ2v) is 2.08. The molecule has 0 saturated heterocycles. The van der Waals surface area contributed by atoms with Crippen molar-refractivity contribution >= 4 is 11.5 Å². The molecule has 0 aliphatic carbocycles. The molecule has 0 unspecified atom stereocenters. The van der Waals surface area contributed by atoms with Crippen LogP contribution in [0.4, 0.5) is 0 Å². The van der Waals surface area contributed by atoms with E-state index in [2.05, 4.69) is 4.99 Å². The van der Waals surface area contributed by atoms with Gasteiger partial charge in [0.2, 0.25) is 0 Å². The highest BCUT2D eigenvalue weighted by atomic mass is 16.1. The number of hydrogen-bond acceptors (Lipinski definition) is 2. The average Bonchev–Trinajstić information content (AvgIpc) is 1.65. The minimum absolute atomic E-state index is 0. The molecular weight excluding hydrogens is 138 g/mol. The van der Waals surface area contributed by atoms with E-state index in [0.29, 0.717) is 0 Å². The fourth-order valence-electron chi connectivity index (χ4n) is 0. The van der Waals surface area contributed by atoms with E-state index in [1.807, 2.05) is 13.8 Å². The highest BCUT2D eigenvalue weighted by molar-refractivity contribution is 5.78. The van der Waals surface area contributed by atoms with Gasteiger partial charge in [0.25, 0.3) is 0 Å². The van der Waals surface area contributed by atoms with Gasteiger partial charge in [-0.2, -0.15) is 0 Å². The normalized spacial score (nSPS) is 5.55. The molecule has 0 rings (SSSR count). The standard InChI is InChI=1S/C4H9N.C3H6O.2CH4/c1-4(2)5-3;1-3(2)4;;/h1-3H3;1-2H3;2*1H4. The van der Waals surface area contributed by atoms with Crippen LogP contribution in [0.25, 0.3) is 0 Å². The van der Waals surface area contributed by atoms with Crippen LogP contribution < -0.4 is 0 Å². The van der Waals surface area contributed by atoms with E-state index in [1.165, 1.54) is 13.8 Å². The molecule has 0 aromatic carbocycles. The maximum atomic E-state index is 9.44. The SMILES string of the molecule is C.C.CC(C)=O.CN=C(C)C. The molecule has 2 heteroatoms. The lowest BCUT2D eigenvalue weighted by Gasteiger charge is -1.74. The number of carbonyl (C=O) groups excluding carboxylic acids is 1. The van der Waals surface area contributed by atoms with Gasteiger partial charge in [0.1, 0.15) is 5.78 Å². The molecule has 0 atom stereocenters. The topological polar surface area (TPSA) is 29.4 Å². The minimum Gasteiger partial charge on any atom is -0.300 e. The van der Waals surface area contributed by atoms with Gasteiger partial charge < -0.3 is 4.79 Å². The number of hydrogen-bond donors (Lipinski definition) is 0. The Balaban J connectivity index is -0.0000000383. The summed E-state index contributed by atoms with van der Waals surface area (Å²) < 4.78 is 0. The summed E-state index contributed by atoms with van der Waals surface area (Å²) in [6.07, 6.45) is 0. The molecule has 0 spiro atoms. The molecule has 0 N–H and O–H groups in total. The van der Waals surface area contributed by atoms with Crippen LogP contribution in [-0.4, -0.2) is 18.5 Å². The highest BCUT2D eigenvalue weighted by Gasteiger charge is 1.62. The zero-order chi connectivity index (χ0) is 7.86. The van der Waals surface area contributed by atoms with Crippen molar-refractivity contribution in [3.05, 3.63) is 0 Å². The fraction of sp³-hybridized carbons (Fsp3) is 0.778. The summed E-state index contributed by atoms with van der Waals surface area (Å²) in [5, 5.41) is 0. The van der Waals surface area contributed by atoms with Crippen molar-refractivity contribution in [2.45, 2.75) is 42.5 Å². The second-order valence-electron chi connectivity index (χ2n) is 2.08. The Bertz CT molecular complexity index is 98.1. The summed E-state index contributed by atoms with van der Waals surface area (Å²) in [7, 11) is 1.79. The van der Waals surface area contributed by atoms with Crippen molar-refractivity contribution in [1.29, 1.82) is 0 Å². The maximum Gasteiger partial charge on any atom is 0.126 e. The molecule has 0 aliphatic rings. The third-order valence-corrected chi connectivity index (χ3v) is 0.447. The first kappa shape index (κ1) is 22.4. The number of ketones is 1. The first-order valence-corrected chi connectivity index (χ1v) is 2.87. The van der Waals surface area contributed by atoms with Gasteiger partial charge in [-0.1, -0.05) is 14.9 Å². The van der Waals surface area contributed by atoms with Gasteiger partial charge in [-0.3, -0.25) is 4.99 Å². The number of nitrogens with zero attached hydrogens (tertiary/aromatic N) is 1. The number of aliphatic imine (C=N–C) groups is 1. The molecule has 0 heterocycles. The van der Waals surface area contributed by atoms with Crippen molar-refractivity contribution in [1.82, 2.24) is 0 Å². The summed E-state index contributed by atoms with van der Waals surface area (Å²) >= 11 is 0. The van der Waals surface area contributed by atoms with Gasteiger partial charge in [0.05, 0.1) is 0 Å². The van der Waals surface area contributed by atoms with Crippen LogP contribution in [0.5, 0.6) is 0 Å².